The molecule has 0 aliphatic heterocycles. The van der Waals surface area contributed by atoms with Gasteiger partial charge in [0.2, 0.25) is 5.82 Å². The maximum atomic E-state index is 10.9. The van der Waals surface area contributed by atoms with Gasteiger partial charge >= 0.3 is 5.69 Å². The summed E-state index contributed by atoms with van der Waals surface area (Å²) in [6.45, 7) is 1.68. The molecule has 8 heteroatoms. The largest absolute Gasteiger partial charge is 0.383 e. The first-order valence-electron chi connectivity index (χ1n) is 5.95. The summed E-state index contributed by atoms with van der Waals surface area (Å²) in [4.78, 5) is 14.3. The van der Waals surface area contributed by atoms with Crippen molar-refractivity contribution in [2.75, 3.05) is 11.9 Å². The van der Waals surface area contributed by atoms with Gasteiger partial charge in [-0.15, -0.1) is 0 Å². The highest BCUT2D eigenvalue weighted by atomic mass is 16.6. The van der Waals surface area contributed by atoms with Crippen molar-refractivity contribution in [3.8, 4) is 0 Å². The highest BCUT2D eigenvalue weighted by Crippen LogP contribution is 2.24. The van der Waals surface area contributed by atoms with Gasteiger partial charge in [-0.1, -0.05) is 0 Å². The number of rotatable bonds is 5. The van der Waals surface area contributed by atoms with Crippen molar-refractivity contribution in [2.45, 2.75) is 12.5 Å². The zero-order chi connectivity index (χ0) is 14.8. The number of hydrogen-bond acceptors (Lipinski definition) is 6. The van der Waals surface area contributed by atoms with Crippen LogP contribution in [0.15, 0.2) is 30.7 Å². The normalized spacial score (nSPS) is 13.8. The van der Waals surface area contributed by atoms with Gasteiger partial charge in [0.1, 0.15) is 5.60 Å². The van der Waals surface area contributed by atoms with Crippen LogP contribution in [-0.2, 0) is 12.6 Å². The monoisotopic (exact) mass is 277 g/mol. The summed E-state index contributed by atoms with van der Waals surface area (Å²) in [5.41, 5.74) is -0.722. The van der Waals surface area contributed by atoms with E-state index in [0.29, 0.717) is 5.56 Å². The Labute approximate surface area is 115 Å². The van der Waals surface area contributed by atoms with E-state index in [9.17, 15) is 15.2 Å². The molecule has 2 heterocycles. The van der Waals surface area contributed by atoms with Crippen molar-refractivity contribution in [3.05, 3.63) is 46.4 Å². The van der Waals surface area contributed by atoms with E-state index in [-0.39, 0.29) is 18.1 Å². The van der Waals surface area contributed by atoms with E-state index in [4.69, 9.17) is 0 Å². The Morgan fingerprint density at radius 2 is 2.35 bits per heavy atom. The molecule has 0 bridgehead atoms. The molecule has 0 amide bonds. The second-order valence-corrected chi connectivity index (χ2v) is 4.66. The highest BCUT2D eigenvalue weighted by Gasteiger charge is 2.26. The van der Waals surface area contributed by atoms with E-state index >= 15 is 0 Å². The predicted molar refractivity (Wildman–Crippen MR) is 72.2 cm³/mol. The standard InChI is InChI=1S/C12H15N5O3/c1-12(18,9-6-15-16(2)7-9)8-14-11-10(17(19)20)4-3-5-13-11/h3-7,18H,8H2,1-2H3,(H,13,14)/t12-/m0/s1. The van der Waals surface area contributed by atoms with Crippen molar-refractivity contribution >= 4 is 11.5 Å². The molecule has 0 saturated heterocycles. The Bertz CT molecular complexity index is 623. The molecule has 2 aromatic heterocycles. The van der Waals surface area contributed by atoms with Gasteiger partial charge in [0.15, 0.2) is 0 Å². The van der Waals surface area contributed by atoms with E-state index in [1.807, 2.05) is 0 Å². The molecule has 0 fully saturated rings. The molecule has 8 nitrogen and oxygen atoms in total. The summed E-state index contributed by atoms with van der Waals surface area (Å²) in [5, 5.41) is 28.0. The fourth-order valence-electron chi connectivity index (χ4n) is 1.74. The third-order valence-corrected chi connectivity index (χ3v) is 2.91. The lowest BCUT2D eigenvalue weighted by Crippen LogP contribution is -2.30. The maximum Gasteiger partial charge on any atom is 0.311 e. The Kier molecular flexibility index (Phi) is 3.66. The molecule has 1 atom stereocenters. The first kappa shape index (κ1) is 13.9. The predicted octanol–water partition coefficient (Wildman–Crippen LogP) is 1.04. The Balaban J connectivity index is 2.14. The zero-order valence-corrected chi connectivity index (χ0v) is 11.1. The third kappa shape index (κ3) is 2.91. The van der Waals surface area contributed by atoms with Gasteiger partial charge in [0.05, 0.1) is 11.1 Å². The molecule has 2 rings (SSSR count). The van der Waals surface area contributed by atoms with Crippen molar-refractivity contribution in [2.24, 2.45) is 7.05 Å². The first-order valence-corrected chi connectivity index (χ1v) is 5.95. The van der Waals surface area contributed by atoms with E-state index in [2.05, 4.69) is 15.4 Å². The van der Waals surface area contributed by atoms with Crippen LogP contribution in [0.3, 0.4) is 0 Å². The summed E-state index contributed by atoms with van der Waals surface area (Å²) in [6, 6.07) is 2.84. The molecular formula is C12H15N5O3. The fraction of sp³-hybridized carbons (Fsp3) is 0.333. The molecule has 0 spiro atoms. The summed E-state index contributed by atoms with van der Waals surface area (Å²) >= 11 is 0. The third-order valence-electron chi connectivity index (χ3n) is 2.91. The molecule has 2 N–H and O–H groups in total. The molecular weight excluding hydrogens is 262 g/mol. The van der Waals surface area contributed by atoms with E-state index in [1.165, 1.54) is 18.3 Å². The number of nitro groups is 1. The van der Waals surface area contributed by atoms with Crippen molar-refractivity contribution in [3.63, 3.8) is 0 Å². The van der Waals surface area contributed by atoms with Gasteiger partial charge in [0, 0.05) is 37.6 Å². The Morgan fingerprint density at radius 3 is 2.95 bits per heavy atom. The second-order valence-electron chi connectivity index (χ2n) is 4.66. The number of nitrogens with one attached hydrogen (secondary N) is 1. The summed E-state index contributed by atoms with van der Waals surface area (Å²) in [7, 11) is 1.75. The van der Waals surface area contributed by atoms with Crippen LogP contribution in [-0.4, -0.2) is 31.3 Å². The topological polar surface area (TPSA) is 106 Å². The molecule has 0 saturated carbocycles. The SMILES string of the molecule is Cn1cc([C@@](C)(O)CNc2ncccc2[N+](=O)[O-])cn1. The number of aliphatic hydroxyl groups is 1. The van der Waals surface area contributed by atoms with Crippen LogP contribution in [0.5, 0.6) is 0 Å². The lowest BCUT2D eigenvalue weighted by atomic mass is 10.00. The minimum Gasteiger partial charge on any atom is -0.383 e. The molecule has 2 aromatic rings. The minimum atomic E-state index is -1.21. The summed E-state index contributed by atoms with van der Waals surface area (Å²) in [6.07, 6.45) is 4.69. The van der Waals surface area contributed by atoms with Crippen LogP contribution in [0.1, 0.15) is 12.5 Å². The van der Waals surface area contributed by atoms with Crippen LogP contribution < -0.4 is 5.32 Å². The van der Waals surface area contributed by atoms with Gasteiger partial charge in [-0.05, 0) is 13.0 Å². The molecule has 0 aliphatic rings. The van der Waals surface area contributed by atoms with Gasteiger partial charge in [-0.25, -0.2) is 4.98 Å². The molecule has 0 radical (unpaired) electrons. The van der Waals surface area contributed by atoms with Crippen molar-refractivity contribution in [1.29, 1.82) is 0 Å². The number of pyridine rings is 1. The molecule has 0 aromatic carbocycles. The Hall–Kier alpha value is -2.48. The van der Waals surface area contributed by atoms with E-state index in [1.54, 1.807) is 31.0 Å². The van der Waals surface area contributed by atoms with Gasteiger partial charge in [0.25, 0.3) is 0 Å². The van der Waals surface area contributed by atoms with Crippen LogP contribution >= 0.6 is 0 Å². The van der Waals surface area contributed by atoms with E-state index < -0.39 is 10.5 Å². The van der Waals surface area contributed by atoms with Gasteiger partial charge in [-0.2, -0.15) is 5.10 Å². The quantitative estimate of drug-likeness (QED) is 0.625. The number of hydrogen-bond donors (Lipinski definition) is 2. The molecule has 20 heavy (non-hydrogen) atoms. The summed E-state index contributed by atoms with van der Waals surface area (Å²) < 4.78 is 1.58. The Morgan fingerprint density at radius 1 is 1.60 bits per heavy atom. The molecule has 0 aliphatic carbocycles. The highest BCUT2D eigenvalue weighted by molar-refractivity contribution is 5.55. The lowest BCUT2D eigenvalue weighted by Gasteiger charge is -2.22. The number of aromatic nitrogens is 3. The van der Waals surface area contributed by atoms with Gasteiger partial charge in [-0.3, -0.25) is 14.8 Å². The van der Waals surface area contributed by atoms with Crippen LogP contribution in [0.25, 0.3) is 0 Å². The number of anilines is 1. The second kappa shape index (κ2) is 5.25. The van der Waals surface area contributed by atoms with E-state index in [0.717, 1.165) is 0 Å². The van der Waals surface area contributed by atoms with Crippen LogP contribution in [0.2, 0.25) is 0 Å². The van der Waals surface area contributed by atoms with Crippen LogP contribution in [0, 0.1) is 10.1 Å². The maximum absolute atomic E-state index is 10.9. The average molecular weight is 277 g/mol. The fourth-order valence-corrected chi connectivity index (χ4v) is 1.74. The molecule has 106 valence electrons. The van der Waals surface area contributed by atoms with Crippen molar-refractivity contribution in [1.82, 2.24) is 14.8 Å². The van der Waals surface area contributed by atoms with Gasteiger partial charge < -0.3 is 10.4 Å². The van der Waals surface area contributed by atoms with Crippen LogP contribution in [0.4, 0.5) is 11.5 Å². The summed E-state index contributed by atoms with van der Waals surface area (Å²) in [5.74, 6) is 0.127. The average Bonchev–Trinajstić information content (AvgIpc) is 2.84. The smallest absolute Gasteiger partial charge is 0.311 e. The number of nitrogens with zero attached hydrogens (tertiary/aromatic N) is 4. The number of aryl methyl sites for hydroxylation is 1. The lowest BCUT2D eigenvalue weighted by molar-refractivity contribution is -0.384. The minimum absolute atomic E-state index is 0.0799. The van der Waals surface area contributed by atoms with Crippen molar-refractivity contribution < 1.29 is 10.0 Å². The molecule has 0 unspecified atom stereocenters. The zero-order valence-electron chi connectivity index (χ0n) is 11.1. The first-order chi connectivity index (χ1) is 9.40.